The van der Waals surface area contributed by atoms with E-state index in [9.17, 15) is 4.79 Å². The van der Waals surface area contributed by atoms with Gasteiger partial charge in [-0.05, 0) is 48.6 Å². The number of pyridine rings is 1. The third-order valence-electron chi connectivity index (χ3n) is 4.71. The fourth-order valence-electron chi connectivity index (χ4n) is 3.39. The molecule has 1 fully saturated rings. The molecule has 0 unspecified atom stereocenters. The molecule has 1 aromatic carbocycles. The fraction of sp³-hybridized carbons (Fsp3) is 0.250. The predicted octanol–water partition coefficient (Wildman–Crippen LogP) is 4.01. The number of nitrogens with zero attached hydrogens (tertiary/aromatic N) is 1. The molecule has 0 saturated heterocycles. The lowest BCUT2D eigenvalue weighted by molar-refractivity contribution is 0.0945. The second-order valence-corrected chi connectivity index (χ2v) is 7.94. The van der Waals surface area contributed by atoms with Gasteiger partial charge in [0.15, 0.2) is 5.11 Å². The van der Waals surface area contributed by atoms with Gasteiger partial charge in [0.05, 0.1) is 21.7 Å². The van der Waals surface area contributed by atoms with E-state index in [1.54, 1.807) is 11.3 Å². The molecule has 1 aliphatic carbocycles. The first kappa shape index (κ1) is 17.9. The third kappa shape index (κ3) is 4.09. The molecule has 1 aliphatic rings. The Bertz CT molecular complexity index is 965. The summed E-state index contributed by atoms with van der Waals surface area (Å²) in [7, 11) is 0. The highest BCUT2D eigenvalue weighted by Gasteiger charge is 2.17. The van der Waals surface area contributed by atoms with E-state index < -0.39 is 0 Å². The molecule has 2 aromatic heterocycles. The topological polar surface area (TPSA) is 66.1 Å². The molecule has 4 rings (SSSR count). The van der Waals surface area contributed by atoms with Crippen molar-refractivity contribution in [2.45, 2.75) is 31.7 Å². The predicted molar refractivity (Wildman–Crippen MR) is 114 cm³/mol. The van der Waals surface area contributed by atoms with Crippen LogP contribution in [0.15, 0.2) is 47.8 Å². The van der Waals surface area contributed by atoms with E-state index in [0.29, 0.717) is 16.7 Å². The van der Waals surface area contributed by atoms with Gasteiger partial charge in [0.25, 0.3) is 5.91 Å². The van der Waals surface area contributed by atoms with Crippen LogP contribution in [0.5, 0.6) is 0 Å². The number of hydrogen-bond acceptors (Lipinski definition) is 4. The van der Waals surface area contributed by atoms with E-state index in [1.807, 2.05) is 47.8 Å². The Balaban J connectivity index is 1.54. The minimum Gasteiger partial charge on any atom is -0.359 e. The van der Waals surface area contributed by atoms with Gasteiger partial charge in [-0.1, -0.05) is 37.1 Å². The average Bonchev–Trinajstić information content (AvgIpc) is 3.39. The van der Waals surface area contributed by atoms with Gasteiger partial charge >= 0.3 is 0 Å². The summed E-state index contributed by atoms with van der Waals surface area (Å²) in [6.45, 7) is 0. The van der Waals surface area contributed by atoms with Gasteiger partial charge in [0, 0.05) is 11.4 Å². The zero-order valence-corrected chi connectivity index (χ0v) is 16.3. The van der Waals surface area contributed by atoms with Crippen LogP contribution in [0.1, 0.15) is 36.0 Å². The van der Waals surface area contributed by atoms with Crippen LogP contribution in [-0.4, -0.2) is 22.0 Å². The molecule has 3 N–H and O–H groups in total. The first-order valence-electron chi connectivity index (χ1n) is 9.01. The van der Waals surface area contributed by atoms with Crippen LogP contribution >= 0.6 is 23.6 Å². The number of fused-ring (bicyclic) bond motifs is 1. The molecule has 0 aliphatic heterocycles. The van der Waals surface area contributed by atoms with Gasteiger partial charge in [-0.3, -0.25) is 15.6 Å². The molecule has 27 heavy (non-hydrogen) atoms. The van der Waals surface area contributed by atoms with Gasteiger partial charge < -0.3 is 5.32 Å². The van der Waals surface area contributed by atoms with Gasteiger partial charge in [-0.15, -0.1) is 11.3 Å². The van der Waals surface area contributed by atoms with Crippen LogP contribution < -0.4 is 16.2 Å². The Labute approximate surface area is 167 Å². The Morgan fingerprint density at radius 3 is 2.70 bits per heavy atom. The lowest BCUT2D eigenvalue weighted by Gasteiger charge is -2.16. The zero-order valence-electron chi connectivity index (χ0n) is 14.7. The summed E-state index contributed by atoms with van der Waals surface area (Å²) in [5.74, 6) is -0.234. The van der Waals surface area contributed by atoms with Crippen molar-refractivity contribution < 1.29 is 4.79 Å². The molecule has 2 heterocycles. The monoisotopic (exact) mass is 396 g/mol. The Kier molecular flexibility index (Phi) is 5.31. The molecule has 1 saturated carbocycles. The number of hydrogen-bond donors (Lipinski definition) is 3. The largest absolute Gasteiger partial charge is 0.359 e. The van der Waals surface area contributed by atoms with Crippen molar-refractivity contribution in [2.24, 2.45) is 0 Å². The maximum absolute atomic E-state index is 12.8. The second kappa shape index (κ2) is 8.02. The van der Waals surface area contributed by atoms with Crippen LogP contribution in [0.25, 0.3) is 21.5 Å². The summed E-state index contributed by atoms with van der Waals surface area (Å²) in [5, 5.41) is 6.51. The van der Waals surface area contributed by atoms with Gasteiger partial charge in [0.1, 0.15) is 0 Å². The van der Waals surface area contributed by atoms with Crippen molar-refractivity contribution in [1.29, 1.82) is 0 Å². The van der Waals surface area contributed by atoms with E-state index in [4.69, 9.17) is 17.2 Å². The molecule has 1 amide bonds. The maximum Gasteiger partial charge on any atom is 0.270 e. The normalized spacial score (nSPS) is 14.2. The number of benzene rings is 1. The summed E-state index contributed by atoms with van der Waals surface area (Å²) >= 11 is 6.90. The van der Waals surface area contributed by atoms with Crippen molar-refractivity contribution in [1.82, 2.24) is 21.2 Å². The number of carbonyl (C=O) groups is 1. The molecule has 0 radical (unpaired) electrons. The number of thiophene rings is 1. The minimum atomic E-state index is -0.234. The quantitative estimate of drug-likeness (QED) is 0.461. The van der Waals surface area contributed by atoms with Crippen LogP contribution in [0, 0.1) is 0 Å². The van der Waals surface area contributed by atoms with E-state index in [1.165, 1.54) is 12.8 Å². The summed E-state index contributed by atoms with van der Waals surface area (Å²) in [6.07, 6.45) is 4.69. The van der Waals surface area contributed by atoms with Crippen LogP contribution in [-0.2, 0) is 0 Å². The van der Waals surface area contributed by atoms with E-state index in [2.05, 4.69) is 16.2 Å². The lowest BCUT2D eigenvalue weighted by atomic mass is 10.1. The van der Waals surface area contributed by atoms with Crippen molar-refractivity contribution in [3.05, 3.63) is 53.4 Å². The first-order valence-corrected chi connectivity index (χ1v) is 10.3. The fourth-order valence-corrected chi connectivity index (χ4v) is 4.29. The summed E-state index contributed by atoms with van der Waals surface area (Å²) in [6, 6.07) is 13.9. The number of carbonyl (C=O) groups excluding carboxylic acids is 1. The zero-order chi connectivity index (χ0) is 18.6. The third-order valence-corrected chi connectivity index (χ3v) is 5.83. The molecule has 0 bridgehead atoms. The van der Waals surface area contributed by atoms with Crippen molar-refractivity contribution in [3.8, 4) is 10.6 Å². The minimum absolute atomic E-state index is 0.234. The van der Waals surface area contributed by atoms with Gasteiger partial charge in [0.2, 0.25) is 0 Å². The highest BCUT2D eigenvalue weighted by Crippen LogP contribution is 2.27. The molecule has 0 atom stereocenters. The SMILES string of the molecule is O=C(NNC(=S)NC1CCCC1)c1cc(-c2cccs2)nc2ccccc12. The standard InChI is InChI=1S/C20H20N4OS2/c25-19(23-24-20(26)21-13-6-1-2-7-13)15-12-17(18-10-5-11-27-18)22-16-9-4-3-8-14(15)16/h3-5,8-13H,1-2,6-7H2,(H,23,25)(H2,21,24,26). The molecular formula is C20H20N4OS2. The molecule has 5 nitrogen and oxygen atoms in total. The Morgan fingerprint density at radius 1 is 1.11 bits per heavy atom. The van der Waals surface area contributed by atoms with Crippen LogP contribution in [0.2, 0.25) is 0 Å². The highest BCUT2D eigenvalue weighted by molar-refractivity contribution is 7.80. The van der Waals surface area contributed by atoms with E-state index in [-0.39, 0.29) is 5.91 Å². The highest BCUT2D eigenvalue weighted by atomic mass is 32.1. The molecule has 138 valence electrons. The Morgan fingerprint density at radius 2 is 1.93 bits per heavy atom. The first-order chi connectivity index (χ1) is 13.2. The van der Waals surface area contributed by atoms with Crippen LogP contribution in [0.4, 0.5) is 0 Å². The van der Waals surface area contributed by atoms with Gasteiger partial charge in [-0.25, -0.2) is 4.98 Å². The average molecular weight is 397 g/mol. The molecular weight excluding hydrogens is 376 g/mol. The molecule has 0 spiro atoms. The second-order valence-electron chi connectivity index (χ2n) is 6.58. The number of hydrazine groups is 1. The number of rotatable bonds is 3. The number of aromatic nitrogens is 1. The van der Waals surface area contributed by atoms with E-state index >= 15 is 0 Å². The number of amides is 1. The van der Waals surface area contributed by atoms with Crippen molar-refractivity contribution >= 4 is 45.5 Å². The number of nitrogens with one attached hydrogen (secondary N) is 3. The maximum atomic E-state index is 12.8. The number of para-hydroxylation sites is 1. The van der Waals surface area contributed by atoms with Crippen molar-refractivity contribution in [2.75, 3.05) is 0 Å². The lowest BCUT2D eigenvalue weighted by Crippen LogP contribution is -2.49. The molecule has 7 heteroatoms. The van der Waals surface area contributed by atoms with Crippen molar-refractivity contribution in [3.63, 3.8) is 0 Å². The smallest absolute Gasteiger partial charge is 0.270 e. The summed E-state index contributed by atoms with van der Waals surface area (Å²) in [5.41, 5.74) is 7.70. The van der Waals surface area contributed by atoms with E-state index in [0.717, 1.165) is 34.3 Å². The van der Waals surface area contributed by atoms with Crippen LogP contribution in [0.3, 0.4) is 0 Å². The van der Waals surface area contributed by atoms with Gasteiger partial charge in [-0.2, -0.15) is 0 Å². The summed E-state index contributed by atoms with van der Waals surface area (Å²) < 4.78 is 0. The number of thiocarbonyl (C=S) groups is 1. The molecule has 3 aromatic rings. The summed E-state index contributed by atoms with van der Waals surface area (Å²) in [4.78, 5) is 18.6. The Hall–Kier alpha value is -2.51.